The molecule has 0 saturated carbocycles. The van der Waals surface area contributed by atoms with Crippen molar-refractivity contribution >= 4 is 29.6 Å². The number of carbonyl (C=O) groups excluding carboxylic acids is 2. The number of nitrogens with two attached hydrogens (primary N) is 1. The summed E-state index contributed by atoms with van der Waals surface area (Å²) in [6.07, 6.45) is 2.92. The number of esters is 1. The van der Waals surface area contributed by atoms with Crippen LogP contribution in [0.5, 0.6) is 0 Å². The number of hydrogen-bond donors (Lipinski definition) is 1. The van der Waals surface area contributed by atoms with E-state index in [-0.39, 0.29) is 6.61 Å². The molecule has 6 nitrogen and oxygen atoms in total. The van der Waals surface area contributed by atoms with Gasteiger partial charge in [-0.1, -0.05) is 54.1 Å². The summed E-state index contributed by atoms with van der Waals surface area (Å²) in [6.45, 7) is 2.46. The van der Waals surface area contributed by atoms with Crippen molar-refractivity contribution in [2.75, 3.05) is 0 Å². The predicted octanol–water partition coefficient (Wildman–Crippen LogP) is 3.75. The zero-order valence-electron chi connectivity index (χ0n) is 15.8. The largest absolute Gasteiger partial charge is 0.458 e. The summed E-state index contributed by atoms with van der Waals surface area (Å²) in [5.41, 5.74) is 8.82. The zero-order chi connectivity index (χ0) is 20.8. The van der Waals surface area contributed by atoms with E-state index in [0.717, 1.165) is 16.8 Å². The van der Waals surface area contributed by atoms with E-state index in [1.807, 2.05) is 37.3 Å². The molecule has 0 unspecified atom stereocenters. The summed E-state index contributed by atoms with van der Waals surface area (Å²) in [5, 5.41) is 4.90. The van der Waals surface area contributed by atoms with Gasteiger partial charge in [0.2, 0.25) is 5.91 Å². The average Bonchev–Trinajstić information content (AvgIpc) is 2.98. The van der Waals surface area contributed by atoms with Crippen LogP contribution in [0.25, 0.3) is 6.08 Å². The smallest absolute Gasteiger partial charge is 0.331 e. The minimum atomic E-state index is -0.504. The van der Waals surface area contributed by atoms with Crippen LogP contribution in [0.2, 0.25) is 5.15 Å². The van der Waals surface area contributed by atoms with Crippen molar-refractivity contribution in [2.45, 2.75) is 20.1 Å². The van der Waals surface area contributed by atoms with E-state index in [4.69, 9.17) is 22.1 Å². The fourth-order valence-electron chi connectivity index (χ4n) is 2.74. The van der Waals surface area contributed by atoms with E-state index in [1.165, 1.54) is 6.08 Å². The molecule has 1 heterocycles. The first-order valence-corrected chi connectivity index (χ1v) is 9.32. The standard InChI is InChI=1S/C22H20ClN3O3/c1-15-19(21(23)26(25-15)13-16-5-3-2-4-6-16)11-12-20(27)29-14-17-7-9-18(10-8-17)22(24)28/h2-12H,13-14H2,1H3,(H2,24,28)/b12-11+. The van der Waals surface area contributed by atoms with Gasteiger partial charge in [0.1, 0.15) is 11.8 Å². The summed E-state index contributed by atoms with van der Waals surface area (Å²) in [6, 6.07) is 16.4. The van der Waals surface area contributed by atoms with Crippen molar-refractivity contribution < 1.29 is 14.3 Å². The molecule has 0 saturated heterocycles. The maximum absolute atomic E-state index is 12.0. The molecule has 3 aromatic rings. The number of aromatic nitrogens is 2. The van der Waals surface area contributed by atoms with Crippen LogP contribution >= 0.6 is 11.6 Å². The normalized spacial score (nSPS) is 11.0. The lowest BCUT2D eigenvalue weighted by Gasteiger charge is -2.04. The third-order valence-corrected chi connectivity index (χ3v) is 4.69. The van der Waals surface area contributed by atoms with Gasteiger partial charge in [0.15, 0.2) is 0 Å². The summed E-state index contributed by atoms with van der Waals surface area (Å²) in [5.74, 6) is -1.01. The lowest BCUT2D eigenvalue weighted by Crippen LogP contribution is -2.10. The Kier molecular flexibility index (Phi) is 6.46. The van der Waals surface area contributed by atoms with Crippen molar-refractivity contribution in [1.29, 1.82) is 0 Å². The molecule has 3 rings (SSSR count). The molecule has 0 aliphatic rings. The topological polar surface area (TPSA) is 87.2 Å². The number of hydrogen-bond acceptors (Lipinski definition) is 4. The molecule has 0 aliphatic heterocycles. The first kappa shape index (κ1) is 20.4. The van der Waals surface area contributed by atoms with Crippen LogP contribution in [0.15, 0.2) is 60.7 Å². The van der Waals surface area contributed by atoms with Gasteiger partial charge in [-0.15, -0.1) is 0 Å². The highest BCUT2D eigenvalue weighted by Gasteiger charge is 2.12. The molecule has 7 heteroatoms. The SMILES string of the molecule is Cc1nn(Cc2ccccc2)c(Cl)c1/C=C/C(=O)OCc1ccc(C(N)=O)cc1. The Hall–Kier alpha value is -3.38. The van der Waals surface area contributed by atoms with Crippen LogP contribution in [-0.2, 0) is 22.7 Å². The Morgan fingerprint density at radius 1 is 1.10 bits per heavy atom. The van der Waals surface area contributed by atoms with Crippen molar-refractivity contribution in [3.8, 4) is 0 Å². The second-order valence-corrected chi connectivity index (χ2v) is 6.79. The lowest BCUT2D eigenvalue weighted by atomic mass is 10.1. The minimum absolute atomic E-state index is 0.0855. The molecule has 0 spiro atoms. The van der Waals surface area contributed by atoms with Crippen LogP contribution in [0, 0.1) is 6.92 Å². The maximum atomic E-state index is 12.0. The Labute approximate surface area is 173 Å². The highest BCUT2D eigenvalue weighted by Crippen LogP contribution is 2.22. The average molecular weight is 410 g/mol. The van der Waals surface area contributed by atoms with Crippen LogP contribution in [0.3, 0.4) is 0 Å². The van der Waals surface area contributed by atoms with Gasteiger partial charge in [-0.2, -0.15) is 5.10 Å². The molecular formula is C22H20ClN3O3. The van der Waals surface area contributed by atoms with Gasteiger partial charge in [0, 0.05) is 17.2 Å². The molecule has 0 fully saturated rings. The lowest BCUT2D eigenvalue weighted by molar-refractivity contribution is -0.138. The molecule has 29 heavy (non-hydrogen) atoms. The highest BCUT2D eigenvalue weighted by atomic mass is 35.5. The molecule has 1 aromatic heterocycles. The number of ether oxygens (including phenoxy) is 1. The van der Waals surface area contributed by atoms with Gasteiger partial charge in [-0.3, -0.25) is 4.79 Å². The van der Waals surface area contributed by atoms with Gasteiger partial charge in [-0.05, 0) is 36.3 Å². The molecule has 0 bridgehead atoms. The van der Waals surface area contributed by atoms with E-state index in [1.54, 1.807) is 35.0 Å². The molecule has 0 radical (unpaired) electrons. The number of aryl methyl sites for hydroxylation is 1. The maximum Gasteiger partial charge on any atom is 0.331 e. The number of benzene rings is 2. The Balaban J connectivity index is 1.61. The molecule has 1 amide bonds. The zero-order valence-corrected chi connectivity index (χ0v) is 16.6. The van der Waals surface area contributed by atoms with Crippen LogP contribution in [-0.4, -0.2) is 21.7 Å². The van der Waals surface area contributed by atoms with E-state index < -0.39 is 11.9 Å². The van der Waals surface area contributed by atoms with Crippen LogP contribution < -0.4 is 5.73 Å². The van der Waals surface area contributed by atoms with Gasteiger partial charge < -0.3 is 10.5 Å². The summed E-state index contributed by atoms with van der Waals surface area (Å²) in [7, 11) is 0. The molecule has 2 aromatic carbocycles. The van der Waals surface area contributed by atoms with Gasteiger partial charge >= 0.3 is 5.97 Å². The van der Waals surface area contributed by atoms with Crippen molar-refractivity contribution in [3.05, 3.63) is 93.8 Å². The minimum Gasteiger partial charge on any atom is -0.458 e. The van der Waals surface area contributed by atoms with E-state index in [0.29, 0.717) is 22.8 Å². The third kappa shape index (κ3) is 5.33. The van der Waals surface area contributed by atoms with Crippen LogP contribution in [0.4, 0.5) is 0 Å². The molecule has 148 valence electrons. The molecule has 2 N–H and O–H groups in total. The molecule has 0 aliphatic carbocycles. The van der Waals surface area contributed by atoms with Gasteiger partial charge in [0.05, 0.1) is 12.2 Å². The van der Waals surface area contributed by atoms with Crippen LogP contribution in [0.1, 0.15) is 32.7 Å². The Morgan fingerprint density at radius 3 is 2.45 bits per heavy atom. The Bertz CT molecular complexity index is 1040. The Morgan fingerprint density at radius 2 is 1.79 bits per heavy atom. The second kappa shape index (κ2) is 9.21. The van der Waals surface area contributed by atoms with Crippen molar-refractivity contribution in [3.63, 3.8) is 0 Å². The fraction of sp³-hybridized carbons (Fsp3) is 0.136. The van der Waals surface area contributed by atoms with E-state index in [2.05, 4.69) is 5.10 Å². The number of primary amides is 1. The van der Waals surface area contributed by atoms with E-state index in [9.17, 15) is 9.59 Å². The monoisotopic (exact) mass is 409 g/mol. The first-order valence-electron chi connectivity index (χ1n) is 8.94. The highest BCUT2D eigenvalue weighted by molar-refractivity contribution is 6.31. The van der Waals surface area contributed by atoms with E-state index >= 15 is 0 Å². The molecular weight excluding hydrogens is 390 g/mol. The number of amides is 1. The second-order valence-electron chi connectivity index (χ2n) is 6.44. The first-order chi connectivity index (χ1) is 13.9. The van der Waals surface area contributed by atoms with Gasteiger partial charge in [-0.25, -0.2) is 9.48 Å². The number of carbonyl (C=O) groups is 2. The fourth-order valence-corrected chi connectivity index (χ4v) is 3.03. The molecule has 0 atom stereocenters. The predicted molar refractivity (Wildman–Crippen MR) is 111 cm³/mol. The van der Waals surface area contributed by atoms with Crippen molar-refractivity contribution in [1.82, 2.24) is 9.78 Å². The summed E-state index contributed by atoms with van der Waals surface area (Å²) < 4.78 is 6.91. The number of halogens is 1. The van der Waals surface area contributed by atoms with Crippen molar-refractivity contribution in [2.24, 2.45) is 5.73 Å². The van der Waals surface area contributed by atoms with Gasteiger partial charge in [0.25, 0.3) is 0 Å². The number of nitrogens with zero attached hydrogens (tertiary/aromatic N) is 2. The quantitative estimate of drug-likeness (QED) is 0.475. The number of rotatable bonds is 7. The summed E-state index contributed by atoms with van der Waals surface area (Å²) >= 11 is 6.44. The summed E-state index contributed by atoms with van der Waals surface area (Å²) in [4.78, 5) is 23.1. The third-order valence-electron chi connectivity index (χ3n) is 4.29.